The number of benzene rings is 2. The van der Waals surface area contributed by atoms with Gasteiger partial charge in [0, 0.05) is 0 Å². The highest BCUT2D eigenvalue weighted by atomic mass is 19.4. The minimum absolute atomic E-state index is 0.0905. The van der Waals surface area contributed by atoms with Gasteiger partial charge in [-0.2, -0.15) is 13.2 Å². The molecule has 0 bridgehead atoms. The molecule has 106 valence electrons. The lowest BCUT2D eigenvalue weighted by Gasteiger charge is -2.12. The maximum Gasteiger partial charge on any atom is 0.416 e. The average molecular weight is 282 g/mol. The Balaban J connectivity index is 2.19. The molecule has 0 heterocycles. The van der Waals surface area contributed by atoms with Gasteiger partial charge in [0.2, 0.25) is 0 Å². The molecule has 0 unspecified atom stereocenters. The third-order valence-corrected chi connectivity index (χ3v) is 2.72. The van der Waals surface area contributed by atoms with E-state index in [1.807, 2.05) is 30.3 Å². The number of hydrogen-bond donors (Lipinski definition) is 1. The zero-order valence-electron chi connectivity index (χ0n) is 10.5. The zero-order chi connectivity index (χ0) is 14.6. The summed E-state index contributed by atoms with van der Waals surface area (Å²) >= 11 is 0. The summed E-state index contributed by atoms with van der Waals surface area (Å²) in [6.07, 6.45) is -4.46. The lowest BCUT2D eigenvalue weighted by atomic mass is 10.1. The van der Waals surface area contributed by atoms with Gasteiger partial charge in [-0.25, -0.2) is 0 Å². The van der Waals surface area contributed by atoms with Gasteiger partial charge < -0.3 is 9.84 Å². The second-order valence-corrected chi connectivity index (χ2v) is 4.30. The second kappa shape index (κ2) is 5.96. The molecule has 0 fully saturated rings. The average Bonchev–Trinajstić information content (AvgIpc) is 2.45. The Kier molecular flexibility index (Phi) is 4.29. The minimum Gasteiger partial charge on any atom is -0.489 e. The molecule has 0 spiro atoms. The molecule has 0 aromatic heterocycles. The van der Waals surface area contributed by atoms with Crippen molar-refractivity contribution < 1.29 is 23.0 Å². The molecule has 0 aliphatic carbocycles. The molecule has 0 radical (unpaired) electrons. The Hall–Kier alpha value is -2.01. The van der Waals surface area contributed by atoms with Crippen molar-refractivity contribution in [3.63, 3.8) is 0 Å². The molecule has 0 atom stereocenters. The Morgan fingerprint density at radius 2 is 1.65 bits per heavy atom. The van der Waals surface area contributed by atoms with Gasteiger partial charge in [0.15, 0.2) is 0 Å². The number of hydrogen-bond acceptors (Lipinski definition) is 2. The predicted octanol–water partition coefficient (Wildman–Crippen LogP) is 3.78. The predicted molar refractivity (Wildman–Crippen MR) is 68.1 cm³/mol. The normalized spacial score (nSPS) is 11.4. The van der Waals surface area contributed by atoms with Crippen LogP contribution >= 0.6 is 0 Å². The van der Waals surface area contributed by atoms with Crippen molar-refractivity contribution in [2.45, 2.75) is 19.4 Å². The summed E-state index contributed by atoms with van der Waals surface area (Å²) in [4.78, 5) is 0. The number of aliphatic hydroxyl groups excluding tert-OH is 1. The molecular formula is C15H13F3O2. The fourth-order valence-electron chi connectivity index (χ4n) is 1.74. The quantitative estimate of drug-likeness (QED) is 0.924. The van der Waals surface area contributed by atoms with Crippen molar-refractivity contribution >= 4 is 0 Å². The van der Waals surface area contributed by atoms with Crippen molar-refractivity contribution in [1.29, 1.82) is 0 Å². The highest BCUT2D eigenvalue weighted by Gasteiger charge is 2.31. The van der Waals surface area contributed by atoms with Gasteiger partial charge in [-0.1, -0.05) is 30.3 Å². The summed E-state index contributed by atoms with van der Waals surface area (Å²) in [6, 6.07) is 12.4. The SMILES string of the molecule is OCc1cc(OCc2ccccc2)cc(C(F)(F)F)c1. The van der Waals surface area contributed by atoms with Crippen LogP contribution < -0.4 is 4.74 Å². The molecule has 2 aromatic carbocycles. The molecule has 0 aliphatic rings. The van der Waals surface area contributed by atoms with E-state index in [2.05, 4.69) is 0 Å². The van der Waals surface area contributed by atoms with Gasteiger partial charge >= 0.3 is 6.18 Å². The maximum absolute atomic E-state index is 12.7. The summed E-state index contributed by atoms with van der Waals surface area (Å²) in [7, 11) is 0. The van der Waals surface area contributed by atoms with Crippen molar-refractivity contribution in [3.8, 4) is 5.75 Å². The summed E-state index contributed by atoms with van der Waals surface area (Å²) in [6.45, 7) is -0.293. The lowest BCUT2D eigenvalue weighted by Crippen LogP contribution is -2.07. The van der Waals surface area contributed by atoms with Crippen LogP contribution in [0.5, 0.6) is 5.75 Å². The number of alkyl halides is 3. The summed E-state index contributed by atoms with van der Waals surface area (Å²) in [5.74, 6) is 0.0905. The van der Waals surface area contributed by atoms with E-state index in [-0.39, 0.29) is 17.9 Å². The molecular weight excluding hydrogens is 269 g/mol. The first-order valence-electron chi connectivity index (χ1n) is 5.98. The van der Waals surface area contributed by atoms with E-state index >= 15 is 0 Å². The van der Waals surface area contributed by atoms with Gasteiger partial charge in [0.05, 0.1) is 12.2 Å². The molecule has 0 aliphatic heterocycles. The molecule has 0 amide bonds. The molecule has 0 saturated carbocycles. The largest absolute Gasteiger partial charge is 0.489 e. The van der Waals surface area contributed by atoms with E-state index in [1.54, 1.807) is 0 Å². The van der Waals surface area contributed by atoms with Crippen molar-refractivity contribution in [3.05, 3.63) is 65.2 Å². The van der Waals surface area contributed by atoms with Crippen LogP contribution in [0.25, 0.3) is 0 Å². The minimum atomic E-state index is -4.46. The molecule has 1 N–H and O–H groups in total. The highest BCUT2D eigenvalue weighted by Crippen LogP contribution is 2.32. The standard InChI is InChI=1S/C15H13F3O2/c16-15(17,18)13-6-12(9-19)7-14(8-13)20-10-11-4-2-1-3-5-11/h1-8,19H,9-10H2. The van der Waals surface area contributed by atoms with Crippen LogP contribution in [0.15, 0.2) is 48.5 Å². The Labute approximate surface area is 114 Å². The molecule has 2 rings (SSSR count). The van der Waals surface area contributed by atoms with Crippen LogP contribution in [0.3, 0.4) is 0 Å². The van der Waals surface area contributed by atoms with E-state index in [4.69, 9.17) is 9.84 Å². The van der Waals surface area contributed by atoms with Crippen LogP contribution in [0, 0.1) is 0 Å². The third-order valence-electron chi connectivity index (χ3n) is 2.72. The van der Waals surface area contributed by atoms with Crippen molar-refractivity contribution in [2.24, 2.45) is 0 Å². The topological polar surface area (TPSA) is 29.5 Å². The van der Waals surface area contributed by atoms with Crippen LogP contribution in [0.1, 0.15) is 16.7 Å². The van der Waals surface area contributed by atoms with Crippen molar-refractivity contribution in [1.82, 2.24) is 0 Å². The smallest absolute Gasteiger partial charge is 0.416 e. The van der Waals surface area contributed by atoms with E-state index in [9.17, 15) is 13.2 Å². The van der Waals surface area contributed by atoms with Crippen LogP contribution in [0.4, 0.5) is 13.2 Å². The summed E-state index contributed by atoms with van der Waals surface area (Å²) in [5, 5.41) is 9.01. The number of ether oxygens (including phenoxy) is 1. The van der Waals surface area contributed by atoms with Gasteiger partial charge in [-0.15, -0.1) is 0 Å². The highest BCUT2D eigenvalue weighted by molar-refractivity contribution is 5.36. The monoisotopic (exact) mass is 282 g/mol. The van der Waals surface area contributed by atoms with Crippen molar-refractivity contribution in [2.75, 3.05) is 0 Å². The first-order valence-corrected chi connectivity index (χ1v) is 5.98. The first-order chi connectivity index (χ1) is 9.49. The Morgan fingerprint density at radius 1 is 0.950 bits per heavy atom. The van der Waals surface area contributed by atoms with Gasteiger partial charge in [-0.3, -0.25) is 0 Å². The second-order valence-electron chi connectivity index (χ2n) is 4.30. The number of rotatable bonds is 4. The lowest BCUT2D eigenvalue weighted by molar-refractivity contribution is -0.137. The Bertz CT molecular complexity index is 565. The molecule has 2 aromatic rings. The zero-order valence-corrected chi connectivity index (χ0v) is 10.5. The van der Waals surface area contributed by atoms with E-state index < -0.39 is 18.3 Å². The maximum atomic E-state index is 12.7. The van der Waals surface area contributed by atoms with E-state index in [0.717, 1.165) is 17.7 Å². The van der Waals surface area contributed by atoms with E-state index in [1.165, 1.54) is 6.07 Å². The van der Waals surface area contributed by atoms with Gasteiger partial charge in [0.25, 0.3) is 0 Å². The van der Waals surface area contributed by atoms with Crippen LogP contribution in [-0.4, -0.2) is 5.11 Å². The first kappa shape index (κ1) is 14.4. The summed E-state index contributed by atoms with van der Waals surface area (Å²) in [5.41, 5.74) is 0.199. The van der Waals surface area contributed by atoms with Gasteiger partial charge in [0.1, 0.15) is 12.4 Å². The van der Waals surface area contributed by atoms with Gasteiger partial charge in [-0.05, 0) is 29.3 Å². The van der Waals surface area contributed by atoms with Crippen LogP contribution in [0.2, 0.25) is 0 Å². The Morgan fingerprint density at radius 3 is 2.25 bits per heavy atom. The number of halogens is 3. The molecule has 5 heteroatoms. The molecule has 0 saturated heterocycles. The molecule has 2 nitrogen and oxygen atoms in total. The third kappa shape index (κ3) is 3.74. The fraction of sp³-hybridized carbons (Fsp3) is 0.200. The summed E-state index contributed by atoms with van der Waals surface area (Å²) < 4.78 is 43.5. The van der Waals surface area contributed by atoms with Crippen LogP contribution in [-0.2, 0) is 19.4 Å². The van der Waals surface area contributed by atoms with E-state index in [0.29, 0.717) is 0 Å². The fourth-order valence-corrected chi connectivity index (χ4v) is 1.74. The molecule has 20 heavy (non-hydrogen) atoms. The number of aliphatic hydroxyl groups is 1.